The van der Waals surface area contributed by atoms with Crippen LogP contribution < -0.4 is 0 Å². The fourth-order valence-corrected chi connectivity index (χ4v) is 3.53. The molecule has 1 aromatic heterocycles. The molecular weight excluding hydrogens is 274 g/mol. The van der Waals surface area contributed by atoms with Gasteiger partial charge < -0.3 is 14.9 Å². The quantitative estimate of drug-likeness (QED) is 0.899. The first-order valence-electron chi connectivity index (χ1n) is 7.16. The first kappa shape index (κ1) is 15.4. The molecule has 112 valence electrons. The zero-order valence-corrected chi connectivity index (χ0v) is 13.2. The number of carboxylic acid groups (broad SMARTS) is 1. The maximum Gasteiger partial charge on any atom is 0.347 e. The third-order valence-electron chi connectivity index (χ3n) is 3.87. The number of likely N-dealkylation sites (N-methyl/N-ethyl adjacent to an activating group) is 1. The molecule has 0 spiro atoms. The van der Waals surface area contributed by atoms with E-state index in [1.165, 1.54) is 11.3 Å². The van der Waals surface area contributed by atoms with Crippen LogP contribution in [0.3, 0.4) is 0 Å². The lowest BCUT2D eigenvalue weighted by Crippen LogP contribution is -2.47. The molecule has 1 atom stereocenters. The first-order chi connectivity index (χ1) is 9.51. The topological polar surface area (TPSA) is 56.7 Å². The Morgan fingerprint density at radius 3 is 2.45 bits per heavy atom. The summed E-state index contributed by atoms with van der Waals surface area (Å²) >= 11 is 1.32. The van der Waals surface area contributed by atoms with Crippen molar-refractivity contribution in [3.63, 3.8) is 0 Å². The Balaban J connectivity index is 1.93. The number of hydrogen-bond acceptors (Lipinski definition) is 5. The predicted molar refractivity (Wildman–Crippen MR) is 80.8 cm³/mol. The van der Waals surface area contributed by atoms with Gasteiger partial charge in [0, 0.05) is 38.6 Å². The summed E-state index contributed by atoms with van der Waals surface area (Å²) < 4.78 is 0. The molecule has 2 heterocycles. The molecule has 5 nitrogen and oxygen atoms in total. The van der Waals surface area contributed by atoms with Gasteiger partial charge in [-0.15, -0.1) is 11.3 Å². The summed E-state index contributed by atoms with van der Waals surface area (Å²) in [6.07, 6.45) is 0. The van der Waals surface area contributed by atoms with Gasteiger partial charge >= 0.3 is 5.97 Å². The van der Waals surface area contributed by atoms with Gasteiger partial charge in [-0.1, -0.05) is 13.8 Å². The number of aromatic carboxylic acids is 1. The zero-order chi connectivity index (χ0) is 14.7. The number of rotatable bonds is 5. The van der Waals surface area contributed by atoms with Crippen molar-refractivity contribution < 1.29 is 9.90 Å². The second-order valence-corrected chi connectivity index (χ2v) is 6.44. The lowest BCUT2D eigenvalue weighted by Gasteiger charge is -2.35. The average Bonchev–Trinajstić information content (AvgIpc) is 2.82. The highest BCUT2D eigenvalue weighted by molar-refractivity contribution is 7.13. The summed E-state index contributed by atoms with van der Waals surface area (Å²) in [5.41, 5.74) is 0.639. The summed E-state index contributed by atoms with van der Waals surface area (Å²) in [6, 6.07) is 0. The lowest BCUT2D eigenvalue weighted by molar-refractivity contribution is 0.0701. The van der Waals surface area contributed by atoms with Gasteiger partial charge in [-0.2, -0.15) is 0 Å². The number of carbonyl (C=O) groups is 1. The molecule has 0 saturated carbocycles. The van der Waals surface area contributed by atoms with Crippen molar-refractivity contribution in [2.45, 2.75) is 26.7 Å². The van der Waals surface area contributed by atoms with Crippen LogP contribution in [-0.4, -0.2) is 65.1 Å². The molecule has 1 N–H and O–H groups in total. The number of piperazine rings is 1. The van der Waals surface area contributed by atoms with Gasteiger partial charge in [0.1, 0.15) is 4.88 Å². The molecule has 1 aromatic rings. The highest BCUT2D eigenvalue weighted by Crippen LogP contribution is 2.25. The zero-order valence-electron chi connectivity index (χ0n) is 12.4. The van der Waals surface area contributed by atoms with E-state index in [1.54, 1.807) is 6.92 Å². The molecule has 1 fully saturated rings. The van der Waals surface area contributed by atoms with Gasteiger partial charge in [0.25, 0.3) is 0 Å². The summed E-state index contributed by atoms with van der Waals surface area (Å²) in [5.74, 6) is -0.574. The Kier molecular flexibility index (Phi) is 5.12. The molecule has 0 radical (unpaired) electrons. The van der Waals surface area contributed by atoms with E-state index in [0.29, 0.717) is 16.5 Å². The molecule has 0 aromatic carbocycles. The number of aryl methyl sites for hydroxylation is 1. The van der Waals surface area contributed by atoms with Crippen LogP contribution in [0.15, 0.2) is 0 Å². The van der Waals surface area contributed by atoms with Crippen LogP contribution >= 0.6 is 11.3 Å². The van der Waals surface area contributed by atoms with Crippen LogP contribution in [0.25, 0.3) is 0 Å². The minimum Gasteiger partial charge on any atom is -0.477 e. The van der Waals surface area contributed by atoms with Crippen LogP contribution in [0, 0.1) is 6.92 Å². The van der Waals surface area contributed by atoms with Crippen molar-refractivity contribution in [3.8, 4) is 0 Å². The van der Waals surface area contributed by atoms with Gasteiger partial charge in [-0.05, 0) is 13.5 Å². The molecule has 6 heteroatoms. The van der Waals surface area contributed by atoms with Crippen molar-refractivity contribution in [2.75, 3.05) is 39.3 Å². The van der Waals surface area contributed by atoms with E-state index in [4.69, 9.17) is 5.11 Å². The van der Waals surface area contributed by atoms with Crippen molar-refractivity contribution in [1.82, 2.24) is 14.8 Å². The van der Waals surface area contributed by atoms with E-state index in [0.717, 1.165) is 44.3 Å². The lowest BCUT2D eigenvalue weighted by atomic mass is 10.1. The Bertz CT molecular complexity index is 467. The number of aromatic nitrogens is 1. The smallest absolute Gasteiger partial charge is 0.347 e. The normalized spacial score (nSPS) is 19.1. The fraction of sp³-hybridized carbons (Fsp3) is 0.714. The van der Waals surface area contributed by atoms with E-state index >= 15 is 0 Å². The molecule has 0 aliphatic carbocycles. The molecule has 1 aliphatic rings. The summed E-state index contributed by atoms with van der Waals surface area (Å²) in [6.45, 7) is 12.6. The molecule has 2 rings (SSSR count). The van der Waals surface area contributed by atoms with E-state index in [2.05, 4.69) is 28.6 Å². The highest BCUT2D eigenvalue weighted by Gasteiger charge is 2.22. The second-order valence-electron chi connectivity index (χ2n) is 5.41. The predicted octanol–water partition coefficient (Wildman–Crippen LogP) is 1.89. The Morgan fingerprint density at radius 1 is 1.35 bits per heavy atom. The molecule has 1 unspecified atom stereocenters. The third-order valence-corrected chi connectivity index (χ3v) is 5.25. The molecule has 0 amide bonds. The van der Waals surface area contributed by atoms with Crippen LogP contribution in [0.5, 0.6) is 0 Å². The number of hydrogen-bond donors (Lipinski definition) is 1. The SMILES string of the molecule is CCN1CCN(CC(C)c2nc(C)c(C(=O)O)s2)CC1. The summed E-state index contributed by atoms with van der Waals surface area (Å²) in [7, 11) is 0. The van der Waals surface area contributed by atoms with Crippen molar-refractivity contribution in [3.05, 3.63) is 15.6 Å². The Hall–Kier alpha value is -0.980. The monoisotopic (exact) mass is 297 g/mol. The second kappa shape index (κ2) is 6.65. The first-order valence-corrected chi connectivity index (χ1v) is 7.98. The van der Waals surface area contributed by atoms with E-state index in [9.17, 15) is 4.79 Å². The third kappa shape index (κ3) is 3.56. The van der Waals surface area contributed by atoms with E-state index < -0.39 is 5.97 Å². The minimum atomic E-state index is -0.866. The largest absolute Gasteiger partial charge is 0.477 e. The molecule has 0 bridgehead atoms. The van der Waals surface area contributed by atoms with Gasteiger partial charge in [0.15, 0.2) is 0 Å². The molecule has 1 saturated heterocycles. The Labute approximate surface area is 124 Å². The number of nitrogens with zero attached hydrogens (tertiary/aromatic N) is 3. The highest BCUT2D eigenvalue weighted by atomic mass is 32.1. The van der Waals surface area contributed by atoms with Gasteiger partial charge in [0.05, 0.1) is 10.7 Å². The van der Waals surface area contributed by atoms with Crippen molar-refractivity contribution >= 4 is 17.3 Å². The van der Waals surface area contributed by atoms with Gasteiger partial charge in [-0.25, -0.2) is 9.78 Å². The summed E-state index contributed by atoms with van der Waals surface area (Å²) in [4.78, 5) is 20.8. The summed E-state index contributed by atoms with van der Waals surface area (Å²) in [5, 5.41) is 10.0. The number of carboxylic acids is 1. The molecule has 20 heavy (non-hydrogen) atoms. The standard InChI is InChI=1S/C14H23N3O2S/c1-4-16-5-7-17(8-6-16)9-10(2)13-15-11(3)12(20-13)14(18)19/h10H,4-9H2,1-3H3,(H,18,19). The van der Waals surface area contributed by atoms with Crippen LogP contribution in [0.4, 0.5) is 0 Å². The molecular formula is C14H23N3O2S. The van der Waals surface area contributed by atoms with Crippen molar-refractivity contribution in [1.29, 1.82) is 0 Å². The van der Waals surface area contributed by atoms with Gasteiger partial charge in [-0.3, -0.25) is 0 Å². The number of thiazole rings is 1. The van der Waals surface area contributed by atoms with E-state index in [-0.39, 0.29) is 0 Å². The Morgan fingerprint density at radius 2 is 1.95 bits per heavy atom. The van der Waals surface area contributed by atoms with Crippen molar-refractivity contribution in [2.24, 2.45) is 0 Å². The van der Waals surface area contributed by atoms with Crippen LogP contribution in [0.2, 0.25) is 0 Å². The van der Waals surface area contributed by atoms with Gasteiger partial charge in [0.2, 0.25) is 0 Å². The maximum absolute atomic E-state index is 11.1. The van der Waals surface area contributed by atoms with Crippen LogP contribution in [-0.2, 0) is 0 Å². The van der Waals surface area contributed by atoms with E-state index in [1.807, 2.05) is 0 Å². The van der Waals surface area contributed by atoms with Crippen LogP contribution in [0.1, 0.15) is 40.1 Å². The minimum absolute atomic E-state index is 0.292. The average molecular weight is 297 g/mol. The molecule has 1 aliphatic heterocycles. The fourth-order valence-electron chi connectivity index (χ4n) is 2.58. The maximum atomic E-state index is 11.1.